The number of benzene rings is 3. The molecule has 3 aromatic rings. The molecule has 0 amide bonds. The molecule has 0 heterocycles. The van der Waals surface area contributed by atoms with Crippen LogP contribution in [0.2, 0.25) is 0 Å². The molecule has 0 aliphatic carbocycles. The molecule has 0 saturated carbocycles. The number of hydrogen-bond acceptors (Lipinski definition) is 4. The van der Waals surface area contributed by atoms with Crippen LogP contribution in [0.3, 0.4) is 0 Å². The van der Waals surface area contributed by atoms with Crippen molar-refractivity contribution in [3.05, 3.63) is 95.1 Å². The standard InChI is InChI=1S/C25H26O5/c1-25(2,20-10-13-23(26)22(16-20)24(27)28)19-8-11-21(12-9-19)30-15-14-29-17-18-6-4-3-5-7-18/h3-13,16,26H,14-15,17H2,1-2H3,(H,27,28). The zero-order valence-electron chi connectivity index (χ0n) is 17.2. The fraction of sp³-hybridized carbons (Fsp3) is 0.240. The van der Waals surface area contributed by atoms with E-state index in [1.807, 2.05) is 68.4 Å². The second kappa shape index (κ2) is 9.46. The van der Waals surface area contributed by atoms with Crippen LogP contribution in [0.5, 0.6) is 11.5 Å². The first-order valence-corrected chi connectivity index (χ1v) is 9.80. The second-order valence-electron chi connectivity index (χ2n) is 7.57. The van der Waals surface area contributed by atoms with E-state index in [1.165, 1.54) is 12.1 Å². The monoisotopic (exact) mass is 406 g/mol. The van der Waals surface area contributed by atoms with E-state index in [4.69, 9.17) is 9.47 Å². The van der Waals surface area contributed by atoms with Crippen molar-refractivity contribution >= 4 is 5.97 Å². The summed E-state index contributed by atoms with van der Waals surface area (Å²) < 4.78 is 11.4. The number of phenols is 1. The zero-order valence-corrected chi connectivity index (χ0v) is 17.2. The largest absolute Gasteiger partial charge is 0.507 e. The number of hydrogen-bond donors (Lipinski definition) is 2. The van der Waals surface area contributed by atoms with E-state index < -0.39 is 11.4 Å². The average Bonchev–Trinajstić information content (AvgIpc) is 2.74. The minimum Gasteiger partial charge on any atom is -0.507 e. The fourth-order valence-corrected chi connectivity index (χ4v) is 3.21. The number of ether oxygens (including phenoxy) is 2. The summed E-state index contributed by atoms with van der Waals surface area (Å²) in [5.74, 6) is -0.640. The maximum Gasteiger partial charge on any atom is 0.339 e. The molecule has 0 bridgehead atoms. The van der Waals surface area contributed by atoms with Gasteiger partial charge in [-0.3, -0.25) is 0 Å². The Morgan fingerprint density at radius 2 is 1.57 bits per heavy atom. The number of rotatable bonds is 9. The van der Waals surface area contributed by atoms with Gasteiger partial charge in [0, 0.05) is 5.41 Å². The van der Waals surface area contributed by atoms with Crippen LogP contribution in [0.1, 0.15) is 40.9 Å². The van der Waals surface area contributed by atoms with Crippen LogP contribution in [0.4, 0.5) is 0 Å². The molecule has 2 N–H and O–H groups in total. The summed E-state index contributed by atoms with van der Waals surface area (Å²) in [6.07, 6.45) is 0. The predicted molar refractivity (Wildman–Crippen MR) is 115 cm³/mol. The number of aromatic carboxylic acids is 1. The Kier molecular flexibility index (Phi) is 6.75. The molecule has 3 aromatic carbocycles. The average molecular weight is 406 g/mol. The Hall–Kier alpha value is -3.31. The quantitative estimate of drug-likeness (QED) is 0.489. The molecule has 0 unspecified atom stereocenters. The first kappa shape index (κ1) is 21.4. The lowest BCUT2D eigenvalue weighted by Crippen LogP contribution is -2.19. The Labute approximate surface area is 176 Å². The molecule has 3 rings (SSSR count). The van der Waals surface area contributed by atoms with Gasteiger partial charge in [-0.1, -0.05) is 62.4 Å². The van der Waals surface area contributed by atoms with Crippen molar-refractivity contribution in [1.82, 2.24) is 0 Å². The van der Waals surface area contributed by atoms with Gasteiger partial charge in [0.1, 0.15) is 23.7 Å². The van der Waals surface area contributed by atoms with Gasteiger partial charge in [0.2, 0.25) is 0 Å². The third kappa shape index (κ3) is 5.19. The Balaban J connectivity index is 1.58. The molecule has 0 fully saturated rings. The van der Waals surface area contributed by atoms with Crippen LogP contribution in [0.15, 0.2) is 72.8 Å². The molecule has 0 aliphatic rings. The van der Waals surface area contributed by atoms with E-state index in [0.29, 0.717) is 19.8 Å². The summed E-state index contributed by atoms with van der Waals surface area (Å²) in [6, 6.07) is 22.4. The van der Waals surface area contributed by atoms with E-state index in [0.717, 1.165) is 22.4 Å². The van der Waals surface area contributed by atoms with E-state index in [2.05, 4.69) is 0 Å². The number of carbonyl (C=O) groups is 1. The van der Waals surface area contributed by atoms with Crippen LogP contribution < -0.4 is 4.74 Å². The highest BCUT2D eigenvalue weighted by atomic mass is 16.5. The first-order valence-electron chi connectivity index (χ1n) is 9.80. The minimum absolute atomic E-state index is 0.101. The van der Waals surface area contributed by atoms with Crippen LogP contribution in [0.25, 0.3) is 0 Å². The van der Waals surface area contributed by atoms with Gasteiger partial charge in [0.15, 0.2) is 0 Å². The molecule has 0 atom stereocenters. The number of carboxylic acids is 1. The lowest BCUT2D eigenvalue weighted by Gasteiger charge is -2.27. The molecule has 0 saturated heterocycles. The fourth-order valence-electron chi connectivity index (χ4n) is 3.21. The van der Waals surface area contributed by atoms with Crippen molar-refractivity contribution in [2.75, 3.05) is 13.2 Å². The molecular formula is C25H26O5. The van der Waals surface area contributed by atoms with E-state index in [-0.39, 0.29) is 11.3 Å². The van der Waals surface area contributed by atoms with E-state index >= 15 is 0 Å². The summed E-state index contributed by atoms with van der Waals surface area (Å²) >= 11 is 0. The maximum absolute atomic E-state index is 11.3. The minimum atomic E-state index is -1.15. The third-order valence-corrected chi connectivity index (χ3v) is 5.13. The molecule has 0 aromatic heterocycles. The molecule has 5 nitrogen and oxygen atoms in total. The van der Waals surface area contributed by atoms with E-state index in [1.54, 1.807) is 6.07 Å². The lowest BCUT2D eigenvalue weighted by atomic mass is 9.77. The van der Waals surface area contributed by atoms with Crippen molar-refractivity contribution in [2.45, 2.75) is 25.9 Å². The molecule has 156 valence electrons. The van der Waals surface area contributed by atoms with E-state index in [9.17, 15) is 15.0 Å². The summed E-state index contributed by atoms with van der Waals surface area (Å²) in [5, 5.41) is 19.0. The van der Waals surface area contributed by atoms with Crippen molar-refractivity contribution in [3.8, 4) is 11.5 Å². The summed E-state index contributed by atoms with van der Waals surface area (Å²) in [7, 11) is 0. The zero-order chi connectivity index (χ0) is 21.6. The Morgan fingerprint density at radius 3 is 2.23 bits per heavy atom. The smallest absolute Gasteiger partial charge is 0.339 e. The van der Waals surface area contributed by atoms with Crippen molar-refractivity contribution < 1.29 is 24.5 Å². The second-order valence-corrected chi connectivity index (χ2v) is 7.57. The van der Waals surface area contributed by atoms with Crippen LogP contribution in [0, 0.1) is 0 Å². The highest BCUT2D eigenvalue weighted by Crippen LogP contribution is 2.34. The maximum atomic E-state index is 11.3. The van der Waals surface area contributed by atoms with Gasteiger partial charge in [-0.05, 0) is 41.0 Å². The van der Waals surface area contributed by atoms with Gasteiger partial charge in [0.05, 0.1) is 13.2 Å². The summed E-state index contributed by atoms with van der Waals surface area (Å²) in [4.78, 5) is 11.3. The number of carboxylic acid groups (broad SMARTS) is 1. The van der Waals surface area contributed by atoms with Gasteiger partial charge in [-0.15, -0.1) is 0 Å². The highest BCUT2D eigenvalue weighted by Gasteiger charge is 2.25. The molecule has 0 spiro atoms. The Morgan fingerprint density at radius 1 is 0.900 bits per heavy atom. The first-order chi connectivity index (χ1) is 14.4. The SMILES string of the molecule is CC(C)(c1ccc(OCCOCc2ccccc2)cc1)c1ccc(O)c(C(=O)O)c1. The van der Waals surface area contributed by atoms with Gasteiger partial charge in [0.25, 0.3) is 0 Å². The highest BCUT2D eigenvalue weighted by molar-refractivity contribution is 5.91. The summed E-state index contributed by atoms with van der Waals surface area (Å²) in [6.45, 7) is 5.53. The molecular weight excluding hydrogens is 380 g/mol. The van der Waals surface area contributed by atoms with Gasteiger partial charge >= 0.3 is 5.97 Å². The van der Waals surface area contributed by atoms with Crippen LogP contribution >= 0.6 is 0 Å². The van der Waals surface area contributed by atoms with Gasteiger partial charge in [-0.25, -0.2) is 4.79 Å². The van der Waals surface area contributed by atoms with Crippen molar-refractivity contribution in [2.24, 2.45) is 0 Å². The molecule has 0 aliphatic heterocycles. The number of aromatic hydroxyl groups is 1. The van der Waals surface area contributed by atoms with Crippen LogP contribution in [-0.4, -0.2) is 29.4 Å². The normalized spacial score (nSPS) is 11.3. The van der Waals surface area contributed by atoms with Crippen molar-refractivity contribution in [1.29, 1.82) is 0 Å². The Bertz CT molecular complexity index is 978. The predicted octanol–water partition coefficient (Wildman–Crippen LogP) is 5.01. The topological polar surface area (TPSA) is 76.0 Å². The van der Waals surface area contributed by atoms with Gasteiger partial charge in [-0.2, -0.15) is 0 Å². The lowest BCUT2D eigenvalue weighted by molar-refractivity contribution is 0.0693. The molecule has 5 heteroatoms. The summed E-state index contributed by atoms with van der Waals surface area (Å²) in [5.41, 5.74) is 2.41. The molecule has 30 heavy (non-hydrogen) atoms. The third-order valence-electron chi connectivity index (χ3n) is 5.13. The molecule has 0 radical (unpaired) electrons. The van der Waals surface area contributed by atoms with Crippen molar-refractivity contribution in [3.63, 3.8) is 0 Å². The van der Waals surface area contributed by atoms with Crippen LogP contribution in [-0.2, 0) is 16.8 Å². The van der Waals surface area contributed by atoms with Gasteiger partial charge < -0.3 is 19.7 Å².